The summed E-state index contributed by atoms with van der Waals surface area (Å²) in [6.07, 6.45) is 1.02. The highest BCUT2D eigenvalue weighted by Crippen LogP contribution is 2.23. The van der Waals surface area contributed by atoms with E-state index in [0.29, 0.717) is 5.69 Å². The molecule has 0 aliphatic rings. The maximum atomic E-state index is 12.0. The van der Waals surface area contributed by atoms with Gasteiger partial charge in [0.25, 0.3) is 5.91 Å². The van der Waals surface area contributed by atoms with Crippen LogP contribution >= 0.6 is 0 Å². The van der Waals surface area contributed by atoms with Crippen molar-refractivity contribution in [2.24, 2.45) is 0 Å². The molecule has 2 aromatic rings. The third-order valence-electron chi connectivity index (χ3n) is 2.91. The summed E-state index contributed by atoms with van der Waals surface area (Å²) in [6, 6.07) is 9.81. The lowest BCUT2D eigenvalue weighted by atomic mass is 10.1. The van der Waals surface area contributed by atoms with E-state index in [0.717, 1.165) is 29.6 Å². The van der Waals surface area contributed by atoms with Gasteiger partial charge in [0.15, 0.2) is 0 Å². The van der Waals surface area contributed by atoms with E-state index < -0.39 is 0 Å². The maximum absolute atomic E-state index is 12.0. The highest BCUT2D eigenvalue weighted by Gasteiger charge is 2.13. The van der Waals surface area contributed by atoms with Crippen molar-refractivity contribution in [3.8, 4) is 0 Å². The Hall–Kier alpha value is -2.10. The molecule has 19 heavy (non-hydrogen) atoms. The number of rotatable bonds is 4. The Morgan fingerprint density at radius 1 is 1.32 bits per heavy atom. The van der Waals surface area contributed by atoms with Crippen LogP contribution in [0.25, 0.3) is 10.8 Å². The Labute approximate surface area is 113 Å². The van der Waals surface area contributed by atoms with Gasteiger partial charge in [0, 0.05) is 26.0 Å². The lowest BCUT2D eigenvalue weighted by Gasteiger charge is -2.13. The Kier molecular flexibility index (Phi) is 4.00. The van der Waals surface area contributed by atoms with Gasteiger partial charge in [-0.25, -0.2) is 4.98 Å². The Balaban J connectivity index is 2.53. The molecule has 0 fully saturated rings. The first kappa shape index (κ1) is 13.3. The van der Waals surface area contributed by atoms with Crippen LogP contribution in [0.2, 0.25) is 0 Å². The minimum Gasteiger partial charge on any atom is -0.370 e. The predicted molar refractivity (Wildman–Crippen MR) is 78.5 cm³/mol. The number of nitrogens with zero attached hydrogens (tertiary/aromatic N) is 2. The number of benzene rings is 1. The van der Waals surface area contributed by atoms with Crippen LogP contribution in [0.4, 0.5) is 5.82 Å². The van der Waals surface area contributed by atoms with Gasteiger partial charge in [-0.2, -0.15) is 0 Å². The molecule has 4 nitrogen and oxygen atoms in total. The third-order valence-corrected chi connectivity index (χ3v) is 2.91. The molecule has 0 atom stereocenters. The van der Waals surface area contributed by atoms with Crippen molar-refractivity contribution in [2.75, 3.05) is 26.0 Å². The summed E-state index contributed by atoms with van der Waals surface area (Å²) < 4.78 is 0. The third kappa shape index (κ3) is 2.84. The fourth-order valence-electron chi connectivity index (χ4n) is 1.92. The molecule has 100 valence electrons. The molecule has 0 saturated heterocycles. The highest BCUT2D eigenvalue weighted by molar-refractivity contribution is 6.00. The molecule has 0 spiro atoms. The van der Waals surface area contributed by atoms with Gasteiger partial charge in [0.1, 0.15) is 11.5 Å². The van der Waals surface area contributed by atoms with E-state index in [9.17, 15) is 4.79 Å². The van der Waals surface area contributed by atoms with Crippen LogP contribution in [0.15, 0.2) is 30.3 Å². The molecule has 1 amide bonds. The predicted octanol–water partition coefficient (Wildman–Crippen LogP) is 2.76. The van der Waals surface area contributed by atoms with E-state index in [1.165, 1.54) is 0 Å². The van der Waals surface area contributed by atoms with E-state index >= 15 is 0 Å². The summed E-state index contributed by atoms with van der Waals surface area (Å²) in [5.74, 6) is 0.704. The van der Waals surface area contributed by atoms with Crippen molar-refractivity contribution in [3.63, 3.8) is 0 Å². The topological polar surface area (TPSA) is 45.2 Å². The first-order valence-electron chi connectivity index (χ1n) is 6.48. The van der Waals surface area contributed by atoms with Crippen LogP contribution in [-0.4, -0.2) is 36.4 Å². The number of nitrogens with one attached hydrogen (secondary N) is 1. The van der Waals surface area contributed by atoms with Gasteiger partial charge in [-0.1, -0.05) is 31.2 Å². The number of amides is 1. The molecule has 0 saturated carbocycles. The number of carbonyl (C=O) groups excluding carboxylic acids is 1. The number of aromatic nitrogens is 1. The second-order valence-corrected chi connectivity index (χ2v) is 4.70. The van der Waals surface area contributed by atoms with E-state index in [1.807, 2.05) is 30.3 Å². The number of anilines is 1. The van der Waals surface area contributed by atoms with Gasteiger partial charge in [0.05, 0.1) is 0 Å². The molecule has 0 unspecified atom stereocenters. The average molecular weight is 257 g/mol. The lowest BCUT2D eigenvalue weighted by Crippen LogP contribution is -2.23. The Bertz CT molecular complexity index is 593. The summed E-state index contributed by atoms with van der Waals surface area (Å²) >= 11 is 0. The standard InChI is InChI=1S/C15H19N3O/c1-4-9-16-14-12-8-6-5-7-11(12)10-13(17-14)15(19)18(2)3/h5-8,10H,4,9H2,1-3H3,(H,16,17). The fraction of sp³-hybridized carbons (Fsp3) is 0.333. The van der Waals surface area contributed by atoms with Crippen LogP contribution < -0.4 is 5.32 Å². The van der Waals surface area contributed by atoms with Crippen molar-refractivity contribution < 1.29 is 4.79 Å². The number of hydrogen-bond donors (Lipinski definition) is 1. The molecular weight excluding hydrogens is 238 g/mol. The number of pyridine rings is 1. The molecule has 0 aliphatic carbocycles. The van der Waals surface area contributed by atoms with Crippen LogP contribution in [-0.2, 0) is 0 Å². The van der Waals surface area contributed by atoms with E-state index in [1.54, 1.807) is 19.0 Å². The molecule has 1 aromatic carbocycles. The normalized spacial score (nSPS) is 10.5. The molecule has 4 heteroatoms. The first-order chi connectivity index (χ1) is 9.13. The minimum absolute atomic E-state index is 0.0784. The summed E-state index contributed by atoms with van der Waals surface area (Å²) in [5.41, 5.74) is 0.474. The average Bonchev–Trinajstić information content (AvgIpc) is 2.43. The summed E-state index contributed by atoms with van der Waals surface area (Å²) in [5, 5.41) is 5.37. The van der Waals surface area contributed by atoms with Gasteiger partial charge in [-0.3, -0.25) is 4.79 Å². The Morgan fingerprint density at radius 3 is 2.74 bits per heavy atom. The van der Waals surface area contributed by atoms with Crippen molar-refractivity contribution in [3.05, 3.63) is 36.0 Å². The van der Waals surface area contributed by atoms with Gasteiger partial charge in [0.2, 0.25) is 0 Å². The lowest BCUT2D eigenvalue weighted by molar-refractivity contribution is 0.0822. The molecular formula is C15H19N3O. The van der Waals surface area contributed by atoms with E-state index in [2.05, 4.69) is 17.2 Å². The number of carbonyl (C=O) groups is 1. The Morgan fingerprint density at radius 2 is 2.05 bits per heavy atom. The summed E-state index contributed by atoms with van der Waals surface area (Å²) in [6.45, 7) is 2.95. The molecule has 1 aromatic heterocycles. The van der Waals surface area contributed by atoms with Gasteiger partial charge < -0.3 is 10.2 Å². The smallest absolute Gasteiger partial charge is 0.272 e. The molecule has 1 N–H and O–H groups in total. The van der Waals surface area contributed by atoms with E-state index in [-0.39, 0.29) is 5.91 Å². The molecule has 1 heterocycles. The summed E-state index contributed by atoms with van der Waals surface area (Å²) in [7, 11) is 3.47. The summed E-state index contributed by atoms with van der Waals surface area (Å²) in [4.78, 5) is 18.0. The monoisotopic (exact) mass is 257 g/mol. The van der Waals surface area contributed by atoms with Gasteiger partial charge in [-0.05, 0) is 17.9 Å². The SMILES string of the molecule is CCCNc1nc(C(=O)N(C)C)cc2ccccc12. The largest absolute Gasteiger partial charge is 0.370 e. The molecule has 0 radical (unpaired) electrons. The quantitative estimate of drug-likeness (QED) is 0.916. The minimum atomic E-state index is -0.0784. The molecule has 0 aliphatic heterocycles. The number of hydrogen-bond acceptors (Lipinski definition) is 3. The first-order valence-corrected chi connectivity index (χ1v) is 6.48. The molecule has 0 bridgehead atoms. The molecule has 2 rings (SSSR count). The van der Waals surface area contributed by atoms with Crippen LogP contribution in [0.3, 0.4) is 0 Å². The fourth-order valence-corrected chi connectivity index (χ4v) is 1.92. The van der Waals surface area contributed by atoms with Crippen molar-refractivity contribution >= 4 is 22.5 Å². The second kappa shape index (κ2) is 5.69. The van der Waals surface area contributed by atoms with Crippen LogP contribution in [0.5, 0.6) is 0 Å². The van der Waals surface area contributed by atoms with Crippen LogP contribution in [0, 0.1) is 0 Å². The van der Waals surface area contributed by atoms with Crippen molar-refractivity contribution in [1.82, 2.24) is 9.88 Å². The zero-order chi connectivity index (χ0) is 13.8. The maximum Gasteiger partial charge on any atom is 0.272 e. The second-order valence-electron chi connectivity index (χ2n) is 4.70. The van der Waals surface area contributed by atoms with Crippen LogP contribution in [0.1, 0.15) is 23.8 Å². The number of fused-ring (bicyclic) bond motifs is 1. The van der Waals surface area contributed by atoms with Gasteiger partial charge >= 0.3 is 0 Å². The highest BCUT2D eigenvalue weighted by atomic mass is 16.2. The van der Waals surface area contributed by atoms with Crippen molar-refractivity contribution in [1.29, 1.82) is 0 Å². The van der Waals surface area contributed by atoms with E-state index in [4.69, 9.17) is 0 Å². The zero-order valence-electron chi connectivity index (χ0n) is 11.6. The zero-order valence-corrected chi connectivity index (χ0v) is 11.6. The van der Waals surface area contributed by atoms with Crippen molar-refractivity contribution in [2.45, 2.75) is 13.3 Å². The van der Waals surface area contributed by atoms with Gasteiger partial charge in [-0.15, -0.1) is 0 Å².